The molecule has 0 aliphatic carbocycles. The zero-order valence-corrected chi connectivity index (χ0v) is 17.4. The van der Waals surface area contributed by atoms with Crippen LogP contribution >= 0.6 is 0 Å². The van der Waals surface area contributed by atoms with Gasteiger partial charge in [-0.05, 0) is 45.1 Å². The Bertz CT molecular complexity index is 689. The van der Waals surface area contributed by atoms with Crippen molar-refractivity contribution in [2.75, 3.05) is 46.8 Å². The Labute approximate surface area is 157 Å². The van der Waals surface area contributed by atoms with Gasteiger partial charge in [-0.2, -0.15) is 0 Å². The van der Waals surface area contributed by atoms with Gasteiger partial charge < -0.3 is 20.3 Å². The van der Waals surface area contributed by atoms with Crippen molar-refractivity contribution in [2.24, 2.45) is 4.99 Å². The summed E-state index contributed by atoms with van der Waals surface area (Å²) in [4.78, 5) is 6.36. The molecule has 2 unspecified atom stereocenters. The maximum atomic E-state index is 11.3. The van der Waals surface area contributed by atoms with Gasteiger partial charge in [0.25, 0.3) is 0 Å². The van der Waals surface area contributed by atoms with Gasteiger partial charge in [-0.3, -0.25) is 4.99 Å². The topological polar surface area (TPSA) is 83.0 Å². The number of guanidine groups is 1. The summed E-state index contributed by atoms with van der Waals surface area (Å²) >= 11 is 0. The van der Waals surface area contributed by atoms with Crippen molar-refractivity contribution in [3.8, 4) is 5.75 Å². The van der Waals surface area contributed by atoms with Gasteiger partial charge in [-0.1, -0.05) is 12.1 Å². The van der Waals surface area contributed by atoms with Crippen LogP contribution < -0.4 is 15.4 Å². The van der Waals surface area contributed by atoms with E-state index in [0.717, 1.165) is 11.3 Å². The molecule has 0 amide bonds. The molecule has 2 N–H and O–H groups in total. The molecule has 0 saturated heterocycles. The Balaban J connectivity index is 2.68. The van der Waals surface area contributed by atoms with E-state index in [-0.39, 0.29) is 17.8 Å². The summed E-state index contributed by atoms with van der Waals surface area (Å²) in [7, 11) is 4.45. The van der Waals surface area contributed by atoms with Crippen LogP contribution in [0.15, 0.2) is 29.3 Å². The number of hydrogen-bond donors (Lipinski definition) is 2. The molecule has 2 atom stereocenters. The fourth-order valence-corrected chi connectivity index (χ4v) is 3.31. The van der Waals surface area contributed by atoms with Crippen molar-refractivity contribution in [1.29, 1.82) is 0 Å². The number of likely N-dealkylation sites (N-methyl/N-ethyl adjacent to an activating group) is 1. The Morgan fingerprint density at radius 3 is 2.58 bits per heavy atom. The molecule has 1 aromatic carbocycles. The van der Waals surface area contributed by atoms with Crippen molar-refractivity contribution < 1.29 is 13.2 Å². The number of sulfone groups is 1. The molecule has 1 aromatic rings. The van der Waals surface area contributed by atoms with Gasteiger partial charge >= 0.3 is 0 Å². The SMILES string of the molecule is CN=C(NCC(c1cccc(OC)c1)N(C)C)NC(C)CCS(C)(=O)=O. The Morgan fingerprint density at radius 1 is 1.35 bits per heavy atom. The minimum absolute atomic E-state index is 0.00514. The third-order valence-corrected chi connectivity index (χ3v) is 5.07. The summed E-state index contributed by atoms with van der Waals surface area (Å²) in [5, 5.41) is 6.56. The third-order valence-electron chi connectivity index (χ3n) is 4.09. The Kier molecular flexibility index (Phi) is 8.87. The molecule has 7 nitrogen and oxygen atoms in total. The molecular weight excluding hydrogens is 352 g/mol. The number of ether oxygens (including phenoxy) is 1. The van der Waals surface area contributed by atoms with Gasteiger partial charge in [0, 0.05) is 25.9 Å². The van der Waals surface area contributed by atoms with Crippen LogP contribution in [0.2, 0.25) is 0 Å². The minimum Gasteiger partial charge on any atom is -0.497 e. The fraction of sp³-hybridized carbons (Fsp3) is 0.611. The van der Waals surface area contributed by atoms with Crippen molar-refractivity contribution in [3.05, 3.63) is 29.8 Å². The van der Waals surface area contributed by atoms with Crippen LogP contribution in [0.1, 0.15) is 24.9 Å². The molecule has 1 rings (SSSR count). The molecular formula is C18H32N4O3S. The average Bonchev–Trinajstić information content (AvgIpc) is 2.58. The largest absolute Gasteiger partial charge is 0.497 e. The van der Waals surface area contributed by atoms with Crippen molar-refractivity contribution in [3.63, 3.8) is 0 Å². The first-order valence-electron chi connectivity index (χ1n) is 8.61. The van der Waals surface area contributed by atoms with Gasteiger partial charge in [0.05, 0.1) is 18.9 Å². The van der Waals surface area contributed by atoms with Gasteiger partial charge in [0.1, 0.15) is 15.6 Å². The highest BCUT2D eigenvalue weighted by atomic mass is 32.2. The molecule has 0 bridgehead atoms. The lowest BCUT2D eigenvalue weighted by atomic mass is 10.1. The summed E-state index contributed by atoms with van der Waals surface area (Å²) < 4.78 is 27.9. The summed E-state index contributed by atoms with van der Waals surface area (Å²) in [5.74, 6) is 1.63. The average molecular weight is 385 g/mol. The third kappa shape index (κ3) is 8.05. The van der Waals surface area contributed by atoms with Gasteiger partial charge in [-0.25, -0.2) is 8.42 Å². The first-order chi connectivity index (χ1) is 12.2. The smallest absolute Gasteiger partial charge is 0.191 e. The van der Waals surface area contributed by atoms with Gasteiger partial charge in [-0.15, -0.1) is 0 Å². The molecule has 0 heterocycles. The van der Waals surface area contributed by atoms with Crippen LogP contribution in [0.4, 0.5) is 0 Å². The number of methoxy groups -OCH3 is 1. The van der Waals surface area contributed by atoms with Crippen LogP contribution in [0.5, 0.6) is 5.75 Å². The molecule has 0 saturated carbocycles. The lowest BCUT2D eigenvalue weighted by molar-refractivity contribution is 0.297. The summed E-state index contributed by atoms with van der Waals surface area (Å²) in [6.07, 6.45) is 1.79. The van der Waals surface area contributed by atoms with Crippen LogP contribution in [0, 0.1) is 0 Å². The van der Waals surface area contributed by atoms with Crippen molar-refractivity contribution in [2.45, 2.75) is 25.4 Å². The van der Waals surface area contributed by atoms with E-state index in [1.54, 1.807) is 14.2 Å². The molecule has 0 fully saturated rings. The fourth-order valence-electron chi connectivity index (χ4n) is 2.53. The first kappa shape index (κ1) is 22.2. The minimum atomic E-state index is -2.96. The summed E-state index contributed by atoms with van der Waals surface area (Å²) in [6, 6.07) is 8.14. The number of aliphatic imine (C=N–C) groups is 1. The second kappa shape index (κ2) is 10.4. The monoisotopic (exact) mass is 384 g/mol. The van der Waals surface area contributed by atoms with E-state index in [9.17, 15) is 8.42 Å². The maximum absolute atomic E-state index is 11.3. The highest BCUT2D eigenvalue weighted by Gasteiger charge is 2.16. The molecule has 0 aliphatic heterocycles. The maximum Gasteiger partial charge on any atom is 0.191 e. The Hall–Kier alpha value is -1.80. The predicted molar refractivity (Wildman–Crippen MR) is 108 cm³/mol. The second-order valence-corrected chi connectivity index (χ2v) is 8.93. The van der Waals surface area contributed by atoms with Gasteiger partial charge in [0.2, 0.25) is 0 Å². The lowest BCUT2D eigenvalue weighted by Gasteiger charge is -2.27. The molecule has 148 valence electrons. The molecule has 0 aromatic heterocycles. The van der Waals surface area contributed by atoms with E-state index in [4.69, 9.17) is 4.74 Å². The lowest BCUT2D eigenvalue weighted by Crippen LogP contribution is -2.45. The number of nitrogens with one attached hydrogen (secondary N) is 2. The Morgan fingerprint density at radius 2 is 2.04 bits per heavy atom. The number of hydrogen-bond acceptors (Lipinski definition) is 5. The number of rotatable bonds is 9. The molecule has 8 heteroatoms. The first-order valence-corrected chi connectivity index (χ1v) is 10.7. The predicted octanol–water partition coefficient (Wildman–Crippen LogP) is 1.29. The van der Waals surface area contributed by atoms with Crippen LogP contribution in [0.3, 0.4) is 0 Å². The highest BCUT2D eigenvalue weighted by molar-refractivity contribution is 7.90. The van der Waals surface area contributed by atoms with E-state index in [1.165, 1.54) is 6.26 Å². The zero-order chi connectivity index (χ0) is 19.7. The van der Waals surface area contributed by atoms with E-state index < -0.39 is 9.84 Å². The number of benzene rings is 1. The van der Waals surface area contributed by atoms with Gasteiger partial charge in [0.15, 0.2) is 5.96 Å². The van der Waals surface area contributed by atoms with Crippen LogP contribution in [-0.4, -0.2) is 72.1 Å². The molecule has 0 spiro atoms. The van der Waals surface area contributed by atoms with E-state index in [1.807, 2.05) is 39.2 Å². The van der Waals surface area contributed by atoms with Crippen molar-refractivity contribution >= 4 is 15.8 Å². The standard InChI is InChI=1S/C18H32N4O3S/c1-14(10-11-26(6,23)24)21-18(19-2)20-13-17(22(3)4)15-8-7-9-16(12-15)25-5/h7-9,12,14,17H,10-11,13H2,1-6H3,(H2,19,20,21). The van der Waals surface area contributed by atoms with E-state index in [2.05, 4.69) is 26.6 Å². The summed E-state index contributed by atoms with van der Waals surface area (Å²) in [5.41, 5.74) is 1.14. The van der Waals surface area contributed by atoms with Crippen LogP contribution in [-0.2, 0) is 9.84 Å². The normalized spacial score (nSPS) is 14.8. The highest BCUT2D eigenvalue weighted by Crippen LogP contribution is 2.22. The zero-order valence-electron chi connectivity index (χ0n) is 16.6. The quantitative estimate of drug-likeness (QED) is 0.493. The molecule has 0 aliphatic rings. The number of nitrogens with zero attached hydrogens (tertiary/aromatic N) is 2. The van der Waals surface area contributed by atoms with Crippen LogP contribution in [0.25, 0.3) is 0 Å². The second-order valence-electron chi connectivity index (χ2n) is 6.67. The molecule has 0 radical (unpaired) electrons. The molecule has 26 heavy (non-hydrogen) atoms. The van der Waals surface area contributed by atoms with Crippen molar-refractivity contribution in [1.82, 2.24) is 15.5 Å². The van der Waals surface area contributed by atoms with E-state index >= 15 is 0 Å². The summed E-state index contributed by atoms with van der Waals surface area (Å²) in [6.45, 7) is 2.60. The van der Waals surface area contributed by atoms with E-state index in [0.29, 0.717) is 18.9 Å².